The molecule has 0 unspecified atom stereocenters. The second kappa shape index (κ2) is 10.4. The van der Waals surface area contributed by atoms with Gasteiger partial charge in [-0.25, -0.2) is 0 Å². The van der Waals surface area contributed by atoms with Gasteiger partial charge in [0.1, 0.15) is 0 Å². The van der Waals surface area contributed by atoms with E-state index in [9.17, 15) is 4.79 Å². The van der Waals surface area contributed by atoms with E-state index < -0.39 is 0 Å². The predicted molar refractivity (Wildman–Crippen MR) is 68.4 cm³/mol. The molecule has 0 aromatic heterocycles. The third-order valence-electron chi connectivity index (χ3n) is 2.15. The average molecular weight is 279 g/mol. The topological polar surface area (TPSA) is 32.3 Å². The van der Waals surface area contributed by atoms with Crippen molar-refractivity contribution in [3.63, 3.8) is 0 Å². The van der Waals surface area contributed by atoms with E-state index in [0.717, 1.165) is 31.5 Å². The monoisotopic (exact) mass is 278 g/mol. The van der Waals surface area contributed by atoms with Gasteiger partial charge in [-0.2, -0.15) is 0 Å². The highest BCUT2D eigenvalue weighted by atomic mass is 79.9. The van der Waals surface area contributed by atoms with Crippen molar-refractivity contribution in [3.05, 3.63) is 0 Å². The van der Waals surface area contributed by atoms with E-state index in [4.69, 9.17) is 0 Å². The molecule has 0 saturated carbocycles. The second-order valence-electron chi connectivity index (χ2n) is 3.63. The summed E-state index contributed by atoms with van der Waals surface area (Å²) in [4.78, 5) is 13.6. The van der Waals surface area contributed by atoms with Crippen LogP contribution in [0.2, 0.25) is 0 Å². The van der Waals surface area contributed by atoms with Gasteiger partial charge in [-0.1, -0.05) is 29.8 Å². The zero-order valence-electron chi connectivity index (χ0n) is 9.89. The van der Waals surface area contributed by atoms with Crippen molar-refractivity contribution in [3.8, 4) is 0 Å². The summed E-state index contributed by atoms with van der Waals surface area (Å²) in [7, 11) is 0. The van der Waals surface area contributed by atoms with Crippen molar-refractivity contribution in [1.29, 1.82) is 0 Å². The number of carbonyl (C=O) groups is 1. The number of alkyl halides is 1. The molecule has 0 bridgehead atoms. The lowest BCUT2D eigenvalue weighted by Gasteiger charge is -2.20. The molecule has 15 heavy (non-hydrogen) atoms. The summed E-state index contributed by atoms with van der Waals surface area (Å²) in [6.45, 7) is 8.37. The van der Waals surface area contributed by atoms with Crippen molar-refractivity contribution in [2.24, 2.45) is 0 Å². The highest BCUT2D eigenvalue weighted by Crippen LogP contribution is 1.93. The first kappa shape index (κ1) is 14.9. The Hall–Kier alpha value is -0.0900. The maximum absolute atomic E-state index is 11.2. The lowest BCUT2D eigenvalue weighted by Crippen LogP contribution is -2.35. The van der Waals surface area contributed by atoms with E-state index in [2.05, 4.69) is 40.0 Å². The van der Waals surface area contributed by atoms with E-state index in [1.165, 1.54) is 12.8 Å². The van der Waals surface area contributed by atoms with Gasteiger partial charge in [0, 0.05) is 24.8 Å². The maximum Gasteiger partial charge on any atom is 0.220 e. The highest BCUT2D eigenvalue weighted by molar-refractivity contribution is 9.09. The molecule has 0 aliphatic heterocycles. The molecule has 0 spiro atoms. The number of nitrogens with zero attached hydrogens (tertiary/aromatic N) is 1. The number of rotatable bonds is 9. The lowest BCUT2D eigenvalue weighted by molar-refractivity contribution is -0.120. The molecule has 1 N–H and O–H groups in total. The third-order valence-corrected chi connectivity index (χ3v) is 2.55. The molecule has 0 atom stereocenters. The van der Waals surface area contributed by atoms with Gasteiger partial charge < -0.3 is 10.2 Å². The molecular formula is C11H23BrN2O. The van der Waals surface area contributed by atoms with Crippen molar-refractivity contribution in [2.45, 2.75) is 33.1 Å². The standard InChI is InChI=1S/C11H23BrN2O/c1-3-8-14(9-4-2)10-7-13-11(15)5-6-12/h3-10H2,1-2H3,(H,13,15). The van der Waals surface area contributed by atoms with E-state index in [0.29, 0.717) is 6.42 Å². The number of halogens is 1. The molecule has 0 aliphatic carbocycles. The van der Waals surface area contributed by atoms with Gasteiger partial charge >= 0.3 is 0 Å². The smallest absolute Gasteiger partial charge is 0.220 e. The van der Waals surface area contributed by atoms with Crippen LogP contribution in [0.4, 0.5) is 0 Å². The minimum atomic E-state index is 0.139. The van der Waals surface area contributed by atoms with Crippen LogP contribution >= 0.6 is 15.9 Å². The SMILES string of the molecule is CCCN(CCC)CCNC(=O)CCBr. The second-order valence-corrected chi connectivity index (χ2v) is 4.42. The molecule has 4 heteroatoms. The number of amides is 1. The summed E-state index contributed by atoms with van der Waals surface area (Å²) in [6, 6.07) is 0. The van der Waals surface area contributed by atoms with Crippen LogP contribution in [0.25, 0.3) is 0 Å². The van der Waals surface area contributed by atoms with Crippen LogP contribution in [0.5, 0.6) is 0 Å². The Bertz CT molecular complexity index is 159. The molecule has 0 radical (unpaired) electrons. The van der Waals surface area contributed by atoms with Gasteiger partial charge in [0.25, 0.3) is 0 Å². The first-order valence-corrected chi connectivity index (χ1v) is 6.91. The third kappa shape index (κ3) is 8.88. The molecule has 0 aromatic rings. The number of carbonyl (C=O) groups excluding carboxylic acids is 1. The summed E-state index contributed by atoms with van der Waals surface area (Å²) in [5.41, 5.74) is 0. The van der Waals surface area contributed by atoms with Crippen LogP contribution < -0.4 is 5.32 Å². The molecule has 0 heterocycles. The van der Waals surface area contributed by atoms with Crippen LogP contribution in [-0.2, 0) is 4.79 Å². The molecule has 3 nitrogen and oxygen atoms in total. The molecule has 0 fully saturated rings. The predicted octanol–water partition coefficient (Wildman–Crippen LogP) is 2.01. The Morgan fingerprint density at radius 2 is 1.80 bits per heavy atom. The summed E-state index contributed by atoms with van der Waals surface area (Å²) >= 11 is 3.25. The average Bonchev–Trinajstić information content (AvgIpc) is 2.19. The summed E-state index contributed by atoms with van der Waals surface area (Å²) in [6.07, 6.45) is 2.92. The molecule has 0 aromatic carbocycles. The van der Waals surface area contributed by atoms with Crippen LogP contribution in [0.3, 0.4) is 0 Å². The summed E-state index contributed by atoms with van der Waals surface area (Å²) in [5, 5.41) is 3.66. The number of nitrogens with one attached hydrogen (secondary N) is 1. The van der Waals surface area contributed by atoms with Crippen molar-refractivity contribution >= 4 is 21.8 Å². The Balaban J connectivity index is 3.55. The van der Waals surface area contributed by atoms with Crippen LogP contribution in [-0.4, -0.2) is 42.3 Å². The van der Waals surface area contributed by atoms with Crippen LogP contribution in [0.1, 0.15) is 33.1 Å². The first-order chi connectivity index (χ1) is 7.24. The van der Waals surface area contributed by atoms with Crippen molar-refractivity contribution in [1.82, 2.24) is 10.2 Å². The Labute approximate surface area is 102 Å². The van der Waals surface area contributed by atoms with Gasteiger partial charge in [0.05, 0.1) is 0 Å². The molecule has 1 amide bonds. The highest BCUT2D eigenvalue weighted by Gasteiger charge is 2.03. The van der Waals surface area contributed by atoms with E-state index >= 15 is 0 Å². The molecule has 0 aliphatic rings. The van der Waals surface area contributed by atoms with Crippen LogP contribution in [0, 0.1) is 0 Å². The Kier molecular flexibility index (Phi) is 10.4. The maximum atomic E-state index is 11.2. The zero-order chi connectivity index (χ0) is 11.5. The fourth-order valence-corrected chi connectivity index (χ4v) is 1.86. The van der Waals surface area contributed by atoms with Gasteiger partial charge in [-0.15, -0.1) is 0 Å². The largest absolute Gasteiger partial charge is 0.355 e. The summed E-state index contributed by atoms with van der Waals surface area (Å²) < 4.78 is 0. The van der Waals surface area contributed by atoms with E-state index in [-0.39, 0.29) is 5.91 Å². The van der Waals surface area contributed by atoms with Crippen LogP contribution in [0.15, 0.2) is 0 Å². The normalized spacial score (nSPS) is 10.7. The molecular weight excluding hydrogens is 256 g/mol. The zero-order valence-corrected chi connectivity index (χ0v) is 11.5. The fourth-order valence-electron chi connectivity index (χ4n) is 1.50. The quantitative estimate of drug-likeness (QED) is 0.655. The van der Waals surface area contributed by atoms with Crippen molar-refractivity contribution < 1.29 is 4.79 Å². The van der Waals surface area contributed by atoms with Crippen molar-refractivity contribution in [2.75, 3.05) is 31.5 Å². The Morgan fingerprint density at radius 1 is 1.20 bits per heavy atom. The minimum Gasteiger partial charge on any atom is -0.355 e. The summed E-state index contributed by atoms with van der Waals surface area (Å²) in [5.74, 6) is 0.139. The molecule has 0 saturated heterocycles. The van der Waals surface area contributed by atoms with E-state index in [1.54, 1.807) is 0 Å². The molecule has 0 rings (SSSR count). The van der Waals surface area contributed by atoms with E-state index in [1.807, 2.05) is 0 Å². The Morgan fingerprint density at radius 3 is 2.27 bits per heavy atom. The fraction of sp³-hybridized carbons (Fsp3) is 0.909. The molecule has 90 valence electrons. The lowest BCUT2D eigenvalue weighted by atomic mass is 10.3. The first-order valence-electron chi connectivity index (χ1n) is 5.79. The van der Waals surface area contributed by atoms with Gasteiger partial charge in [0.2, 0.25) is 5.91 Å². The number of hydrogen-bond acceptors (Lipinski definition) is 2. The van der Waals surface area contributed by atoms with Gasteiger partial charge in [0.15, 0.2) is 0 Å². The van der Waals surface area contributed by atoms with Gasteiger partial charge in [-0.05, 0) is 25.9 Å². The minimum absolute atomic E-state index is 0.139. The number of hydrogen-bond donors (Lipinski definition) is 1. The van der Waals surface area contributed by atoms with Gasteiger partial charge in [-0.3, -0.25) is 4.79 Å².